The molecule has 0 saturated carbocycles. The number of anilines is 1. The Hall–Kier alpha value is -1.18. The van der Waals surface area contributed by atoms with Crippen molar-refractivity contribution in [2.45, 2.75) is 13.8 Å². The minimum atomic E-state index is -0.241. The second kappa shape index (κ2) is 7.39. The molecule has 2 aromatic carbocycles. The molecule has 2 N–H and O–H groups in total. The van der Waals surface area contributed by atoms with Crippen molar-refractivity contribution in [3.05, 3.63) is 61.7 Å². The van der Waals surface area contributed by atoms with Gasteiger partial charge in [-0.05, 0) is 84.0 Å². The molecule has 0 atom stereocenters. The zero-order chi connectivity index (χ0) is 16.3. The number of benzene rings is 2. The normalized spacial score (nSPS) is 10.2. The Bertz CT molecular complexity index is 749. The second-order valence-corrected chi connectivity index (χ2v) is 6.76. The van der Waals surface area contributed by atoms with Crippen molar-refractivity contribution in [1.82, 2.24) is 5.32 Å². The molecule has 0 spiro atoms. The Morgan fingerprint density at radius 3 is 2.64 bits per heavy atom. The van der Waals surface area contributed by atoms with Crippen LogP contribution in [0.3, 0.4) is 0 Å². The lowest BCUT2D eigenvalue weighted by atomic mass is 10.1. The van der Waals surface area contributed by atoms with Crippen LogP contribution >= 0.6 is 46.4 Å². The van der Waals surface area contributed by atoms with E-state index in [9.17, 15) is 4.79 Å². The van der Waals surface area contributed by atoms with Crippen molar-refractivity contribution < 1.29 is 4.79 Å². The number of hydrogen-bond donors (Lipinski definition) is 2. The number of rotatable bonds is 2. The third-order valence-corrected chi connectivity index (χ3v) is 4.95. The second-order valence-electron chi connectivity index (χ2n) is 4.78. The topological polar surface area (TPSA) is 41.1 Å². The quantitative estimate of drug-likeness (QED) is 0.522. The molecule has 0 bridgehead atoms. The van der Waals surface area contributed by atoms with Crippen molar-refractivity contribution in [2.75, 3.05) is 5.32 Å². The average molecular weight is 445 g/mol. The van der Waals surface area contributed by atoms with E-state index >= 15 is 0 Å². The number of carbonyl (C=O) groups is 1. The third-order valence-electron chi connectivity index (χ3n) is 3.18. The molecular formula is C16H14ClIN2OS. The first-order valence-electron chi connectivity index (χ1n) is 6.52. The molecular weight excluding hydrogens is 431 g/mol. The van der Waals surface area contributed by atoms with Gasteiger partial charge in [0.2, 0.25) is 0 Å². The van der Waals surface area contributed by atoms with Crippen LogP contribution in [0.1, 0.15) is 21.5 Å². The number of hydrogen-bond acceptors (Lipinski definition) is 2. The Morgan fingerprint density at radius 1 is 1.23 bits per heavy atom. The summed E-state index contributed by atoms with van der Waals surface area (Å²) in [5, 5.41) is 6.55. The largest absolute Gasteiger partial charge is 0.332 e. The molecule has 0 aliphatic carbocycles. The van der Waals surface area contributed by atoms with Crippen LogP contribution < -0.4 is 10.6 Å². The summed E-state index contributed by atoms with van der Waals surface area (Å²) in [7, 11) is 0. The Labute approximate surface area is 153 Å². The van der Waals surface area contributed by atoms with Gasteiger partial charge in [0.1, 0.15) is 0 Å². The van der Waals surface area contributed by atoms with E-state index in [1.54, 1.807) is 12.1 Å². The summed E-state index contributed by atoms with van der Waals surface area (Å²) in [6, 6.07) is 11.0. The molecule has 0 aliphatic rings. The first kappa shape index (κ1) is 17.2. The first-order chi connectivity index (χ1) is 10.4. The molecule has 2 rings (SSSR count). The smallest absolute Gasteiger partial charge is 0.257 e. The number of amides is 1. The highest BCUT2D eigenvalue weighted by Gasteiger charge is 2.10. The SMILES string of the molecule is Cc1ccc(C(=O)NC(=S)Nc2cccc(Cl)c2C)cc1I. The van der Waals surface area contributed by atoms with Crippen molar-refractivity contribution in [3.63, 3.8) is 0 Å². The minimum Gasteiger partial charge on any atom is -0.332 e. The Balaban J connectivity index is 2.07. The molecule has 0 fully saturated rings. The molecule has 114 valence electrons. The first-order valence-corrected chi connectivity index (χ1v) is 8.38. The number of nitrogens with one attached hydrogen (secondary N) is 2. The lowest BCUT2D eigenvalue weighted by Crippen LogP contribution is -2.34. The van der Waals surface area contributed by atoms with Crippen LogP contribution in [0.25, 0.3) is 0 Å². The average Bonchev–Trinajstić information content (AvgIpc) is 2.46. The summed E-state index contributed by atoms with van der Waals surface area (Å²) in [6.45, 7) is 3.88. The number of thiocarbonyl (C=S) groups is 1. The molecule has 0 aliphatic heterocycles. The molecule has 3 nitrogen and oxygen atoms in total. The zero-order valence-electron chi connectivity index (χ0n) is 12.0. The number of aryl methyl sites for hydroxylation is 1. The van der Waals surface area contributed by atoms with Crippen molar-refractivity contribution in [1.29, 1.82) is 0 Å². The maximum Gasteiger partial charge on any atom is 0.257 e. The molecule has 6 heteroatoms. The van der Waals surface area contributed by atoms with Gasteiger partial charge >= 0.3 is 0 Å². The standard InChI is InChI=1S/C16H14ClIN2OS/c1-9-6-7-11(8-13(9)18)15(21)20-16(22)19-14-5-3-4-12(17)10(14)2/h3-8H,1-2H3,(H2,19,20,21,22). The third kappa shape index (κ3) is 4.18. The zero-order valence-corrected chi connectivity index (χ0v) is 15.8. The van der Waals surface area contributed by atoms with Gasteiger partial charge in [0, 0.05) is 19.8 Å². The van der Waals surface area contributed by atoms with E-state index in [0.29, 0.717) is 10.6 Å². The Kier molecular flexibility index (Phi) is 5.77. The monoisotopic (exact) mass is 444 g/mol. The summed E-state index contributed by atoms with van der Waals surface area (Å²) < 4.78 is 1.04. The summed E-state index contributed by atoms with van der Waals surface area (Å²) in [5.74, 6) is -0.241. The highest BCUT2D eigenvalue weighted by atomic mass is 127. The fraction of sp³-hybridized carbons (Fsp3) is 0.125. The van der Waals surface area contributed by atoms with Crippen molar-refractivity contribution >= 4 is 63.1 Å². The molecule has 1 amide bonds. The van der Waals surface area contributed by atoms with Crippen LogP contribution in [0.5, 0.6) is 0 Å². The molecule has 0 aromatic heterocycles. The molecule has 0 saturated heterocycles. The highest BCUT2D eigenvalue weighted by molar-refractivity contribution is 14.1. The minimum absolute atomic E-state index is 0.241. The van der Waals surface area contributed by atoms with E-state index in [2.05, 4.69) is 33.2 Å². The molecule has 2 aromatic rings. The van der Waals surface area contributed by atoms with E-state index < -0.39 is 0 Å². The van der Waals surface area contributed by atoms with Crippen molar-refractivity contribution in [3.8, 4) is 0 Å². The molecule has 0 radical (unpaired) electrons. The van der Waals surface area contributed by atoms with Gasteiger partial charge in [0.15, 0.2) is 5.11 Å². The lowest BCUT2D eigenvalue weighted by Gasteiger charge is -2.12. The van der Waals surface area contributed by atoms with Gasteiger partial charge in [0.05, 0.1) is 0 Å². The van der Waals surface area contributed by atoms with Gasteiger partial charge in [-0.2, -0.15) is 0 Å². The number of halogens is 2. The van der Waals surface area contributed by atoms with Gasteiger partial charge < -0.3 is 5.32 Å². The van der Waals surface area contributed by atoms with Crippen LogP contribution in [0, 0.1) is 17.4 Å². The summed E-state index contributed by atoms with van der Waals surface area (Å²) >= 11 is 13.4. The fourth-order valence-corrected chi connectivity index (χ4v) is 2.70. The lowest BCUT2D eigenvalue weighted by molar-refractivity contribution is 0.0977. The maximum atomic E-state index is 12.2. The predicted molar refractivity (Wildman–Crippen MR) is 104 cm³/mol. The van der Waals surface area contributed by atoms with E-state index in [1.807, 2.05) is 38.1 Å². The van der Waals surface area contributed by atoms with Crippen LogP contribution in [0.15, 0.2) is 36.4 Å². The fourth-order valence-electron chi connectivity index (χ4n) is 1.81. The van der Waals surface area contributed by atoms with E-state index in [1.165, 1.54) is 0 Å². The summed E-state index contributed by atoms with van der Waals surface area (Å²) in [4.78, 5) is 12.2. The molecule has 22 heavy (non-hydrogen) atoms. The highest BCUT2D eigenvalue weighted by Crippen LogP contribution is 2.22. The molecule has 0 heterocycles. The van der Waals surface area contributed by atoms with Crippen molar-refractivity contribution in [2.24, 2.45) is 0 Å². The summed E-state index contributed by atoms with van der Waals surface area (Å²) in [6.07, 6.45) is 0. The van der Waals surface area contributed by atoms with E-state index in [4.69, 9.17) is 23.8 Å². The van der Waals surface area contributed by atoms with Gasteiger partial charge in [-0.1, -0.05) is 23.7 Å². The molecule has 0 unspecified atom stereocenters. The van der Waals surface area contributed by atoms with Crippen LogP contribution in [0.4, 0.5) is 5.69 Å². The van der Waals surface area contributed by atoms with Gasteiger partial charge in [0.25, 0.3) is 5.91 Å². The van der Waals surface area contributed by atoms with Gasteiger partial charge in [-0.25, -0.2) is 0 Å². The van der Waals surface area contributed by atoms with Crippen LogP contribution in [-0.2, 0) is 0 Å². The van der Waals surface area contributed by atoms with Gasteiger partial charge in [-0.15, -0.1) is 0 Å². The van der Waals surface area contributed by atoms with E-state index in [0.717, 1.165) is 20.4 Å². The summed E-state index contributed by atoms with van der Waals surface area (Å²) in [5.41, 5.74) is 3.36. The number of carbonyl (C=O) groups excluding carboxylic acids is 1. The van der Waals surface area contributed by atoms with E-state index in [-0.39, 0.29) is 11.0 Å². The maximum absolute atomic E-state index is 12.2. The van der Waals surface area contributed by atoms with Crippen LogP contribution in [0.2, 0.25) is 5.02 Å². The van der Waals surface area contributed by atoms with Crippen LogP contribution in [-0.4, -0.2) is 11.0 Å². The van der Waals surface area contributed by atoms with Gasteiger partial charge in [-0.3, -0.25) is 10.1 Å². The Morgan fingerprint density at radius 2 is 1.95 bits per heavy atom. The predicted octanol–water partition coefficient (Wildman–Crippen LogP) is 4.69.